The normalized spacial score (nSPS) is 18.0. The van der Waals surface area contributed by atoms with E-state index in [0.29, 0.717) is 19.4 Å². The van der Waals surface area contributed by atoms with Gasteiger partial charge >= 0.3 is 0 Å². The summed E-state index contributed by atoms with van der Waals surface area (Å²) >= 11 is 0. The average Bonchev–Trinajstić information content (AvgIpc) is 3.06. The number of hydrogen-bond donors (Lipinski definition) is 1. The van der Waals surface area contributed by atoms with Crippen molar-refractivity contribution in [2.45, 2.75) is 38.2 Å². The number of ether oxygens (including phenoxy) is 1. The highest BCUT2D eigenvalue weighted by Crippen LogP contribution is 2.29. The Kier molecular flexibility index (Phi) is 4.94. The van der Waals surface area contributed by atoms with Crippen molar-refractivity contribution in [2.24, 2.45) is 0 Å². The van der Waals surface area contributed by atoms with Crippen molar-refractivity contribution in [1.29, 1.82) is 0 Å². The maximum Gasteiger partial charge on any atom is 0.228 e. The lowest BCUT2D eigenvalue weighted by molar-refractivity contribution is -0.119. The number of carbonyl (C=O) groups is 2. The van der Waals surface area contributed by atoms with Gasteiger partial charge in [0.25, 0.3) is 0 Å². The predicted octanol–water partition coefficient (Wildman–Crippen LogP) is 3.11. The number of aryl methyl sites for hydroxylation is 1. The van der Waals surface area contributed by atoms with Crippen molar-refractivity contribution >= 4 is 23.2 Å². The highest BCUT2D eigenvalue weighted by Gasteiger charge is 2.27. The highest BCUT2D eigenvalue weighted by atomic mass is 16.5. The van der Waals surface area contributed by atoms with E-state index in [2.05, 4.69) is 17.4 Å². The molecular weight excluding hydrogens is 340 g/mol. The Bertz CT molecular complexity index is 878. The van der Waals surface area contributed by atoms with Gasteiger partial charge in [-0.1, -0.05) is 30.3 Å². The number of carbonyl (C=O) groups excluding carboxylic acids is 2. The molecule has 0 bridgehead atoms. The molecular formula is C22H24N2O3. The molecule has 4 rings (SSSR count). The van der Waals surface area contributed by atoms with Gasteiger partial charge in [0.05, 0.1) is 19.1 Å². The number of methoxy groups -OCH3 is 1. The van der Waals surface area contributed by atoms with Crippen LogP contribution in [0.2, 0.25) is 0 Å². The summed E-state index contributed by atoms with van der Waals surface area (Å²) in [5.41, 5.74) is 5.32. The number of anilines is 2. The molecule has 2 amide bonds. The Morgan fingerprint density at radius 2 is 2.07 bits per heavy atom. The number of amides is 2. The lowest BCUT2D eigenvalue weighted by atomic mass is 9.98. The monoisotopic (exact) mass is 364 g/mol. The number of nitrogens with one attached hydrogen (secondary N) is 1. The molecule has 2 aliphatic rings. The van der Waals surface area contributed by atoms with E-state index < -0.39 is 0 Å². The third-order valence-electron chi connectivity index (χ3n) is 5.40. The summed E-state index contributed by atoms with van der Waals surface area (Å²) < 4.78 is 5.53. The van der Waals surface area contributed by atoms with Gasteiger partial charge in [0, 0.05) is 31.3 Å². The van der Waals surface area contributed by atoms with Gasteiger partial charge in [-0.2, -0.15) is 0 Å². The second kappa shape index (κ2) is 7.53. The quantitative estimate of drug-likeness (QED) is 0.887. The summed E-state index contributed by atoms with van der Waals surface area (Å²) in [6, 6.07) is 14.1. The maximum atomic E-state index is 12.9. The first-order valence-electron chi connectivity index (χ1n) is 9.47. The smallest absolute Gasteiger partial charge is 0.228 e. The third kappa shape index (κ3) is 3.74. The molecule has 1 atom stereocenters. The molecule has 0 radical (unpaired) electrons. The minimum atomic E-state index is 0.0468. The fraction of sp³-hybridized carbons (Fsp3) is 0.364. The van der Waals surface area contributed by atoms with Crippen molar-refractivity contribution in [2.75, 3.05) is 23.9 Å². The van der Waals surface area contributed by atoms with Crippen molar-refractivity contribution in [3.8, 4) is 0 Å². The van der Waals surface area contributed by atoms with Crippen LogP contribution in [0.1, 0.15) is 29.5 Å². The predicted molar refractivity (Wildman–Crippen MR) is 105 cm³/mol. The van der Waals surface area contributed by atoms with Crippen LogP contribution < -0.4 is 10.2 Å². The molecule has 0 unspecified atom stereocenters. The van der Waals surface area contributed by atoms with E-state index >= 15 is 0 Å². The van der Waals surface area contributed by atoms with Crippen molar-refractivity contribution in [3.05, 3.63) is 59.2 Å². The van der Waals surface area contributed by atoms with Crippen LogP contribution in [-0.4, -0.2) is 31.6 Å². The molecule has 27 heavy (non-hydrogen) atoms. The second-order valence-electron chi connectivity index (χ2n) is 7.26. The molecule has 0 fully saturated rings. The summed E-state index contributed by atoms with van der Waals surface area (Å²) in [5.74, 6) is 0.191. The molecule has 2 aliphatic heterocycles. The first-order chi connectivity index (χ1) is 13.1. The summed E-state index contributed by atoms with van der Waals surface area (Å²) in [6.45, 7) is 0.610. The van der Waals surface area contributed by atoms with Crippen LogP contribution in [0.4, 0.5) is 11.4 Å². The van der Waals surface area contributed by atoms with E-state index in [4.69, 9.17) is 4.74 Å². The molecule has 0 saturated heterocycles. The molecule has 5 nitrogen and oxygen atoms in total. The molecule has 140 valence electrons. The molecule has 2 aromatic rings. The Hall–Kier alpha value is -2.66. The van der Waals surface area contributed by atoms with Crippen LogP contribution in [0.15, 0.2) is 42.5 Å². The van der Waals surface area contributed by atoms with E-state index in [0.717, 1.165) is 36.2 Å². The van der Waals surface area contributed by atoms with Gasteiger partial charge in [-0.15, -0.1) is 0 Å². The number of rotatable bonds is 5. The summed E-state index contributed by atoms with van der Waals surface area (Å²) in [4.78, 5) is 26.2. The van der Waals surface area contributed by atoms with Gasteiger partial charge in [0.1, 0.15) is 0 Å². The van der Waals surface area contributed by atoms with E-state index in [9.17, 15) is 9.59 Å². The van der Waals surface area contributed by atoms with E-state index in [1.807, 2.05) is 35.2 Å². The maximum absolute atomic E-state index is 12.9. The Labute approximate surface area is 159 Å². The van der Waals surface area contributed by atoms with Gasteiger partial charge < -0.3 is 15.0 Å². The molecule has 5 heteroatoms. The molecule has 1 N–H and O–H groups in total. The number of hydrogen-bond acceptors (Lipinski definition) is 3. The summed E-state index contributed by atoms with van der Waals surface area (Å²) in [7, 11) is 1.70. The van der Waals surface area contributed by atoms with Gasteiger partial charge in [0.15, 0.2) is 0 Å². The first-order valence-corrected chi connectivity index (χ1v) is 9.47. The fourth-order valence-electron chi connectivity index (χ4n) is 3.97. The molecule has 0 aliphatic carbocycles. The number of para-hydroxylation sites is 1. The number of nitrogens with zero attached hydrogens (tertiary/aromatic N) is 1. The first kappa shape index (κ1) is 17.7. The molecule has 2 heterocycles. The zero-order valence-corrected chi connectivity index (χ0v) is 15.5. The van der Waals surface area contributed by atoms with Crippen molar-refractivity contribution in [1.82, 2.24) is 0 Å². The highest BCUT2D eigenvalue weighted by molar-refractivity contribution is 5.99. The fourth-order valence-corrected chi connectivity index (χ4v) is 3.97. The van der Waals surface area contributed by atoms with Gasteiger partial charge in [-0.25, -0.2) is 0 Å². The zero-order chi connectivity index (χ0) is 18.8. The zero-order valence-electron chi connectivity index (χ0n) is 15.5. The van der Waals surface area contributed by atoms with Crippen molar-refractivity contribution < 1.29 is 14.3 Å². The third-order valence-corrected chi connectivity index (χ3v) is 5.40. The van der Waals surface area contributed by atoms with E-state index in [1.165, 1.54) is 11.1 Å². The standard InChI is InChI=1S/C22H24N2O3/c1-27-18-12-16-6-2-3-7-20(16)24(14-18)22(26)8-4-5-15-9-10-19-17(11-15)13-21(25)23-19/h2-3,6-7,9-11,18H,4-5,8,12-14H2,1H3,(H,23,25)/t18-/m1/s1. The topological polar surface area (TPSA) is 58.6 Å². The Morgan fingerprint density at radius 1 is 1.22 bits per heavy atom. The summed E-state index contributed by atoms with van der Waals surface area (Å²) in [5, 5.41) is 2.85. The summed E-state index contributed by atoms with van der Waals surface area (Å²) in [6.07, 6.45) is 3.46. The minimum Gasteiger partial charge on any atom is -0.379 e. The van der Waals surface area contributed by atoms with Crippen LogP contribution >= 0.6 is 0 Å². The number of benzene rings is 2. The molecule has 2 aromatic carbocycles. The van der Waals surface area contributed by atoms with E-state index in [1.54, 1.807) is 7.11 Å². The molecule has 0 aromatic heterocycles. The molecule has 0 spiro atoms. The Balaban J connectivity index is 1.38. The molecule has 0 saturated carbocycles. The van der Waals surface area contributed by atoms with Crippen LogP contribution in [0.25, 0.3) is 0 Å². The largest absolute Gasteiger partial charge is 0.379 e. The van der Waals surface area contributed by atoms with Crippen LogP contribution in [0.5, 0.6) is 0 Å². The average molecular weight is 364 g/mol. The van der Waals surface area contributed by atoms with Gasteiger partial charge in [-0.3, -0.25) is 9.59 Å². The van der Waals surface area contributed by atoms with Crippen LogP contribution in [-0.2, 0) is 33.6 Å². The Morgan fingerprint density at radius 3 is 2.93 bits per heavy atom. The lowest BCUT2D eigenvalue weighted by Gasteiger charge is -2.34. The minimum absolute atomic E-state index is 0.0468. The number of fused-ring (bicyclic) bond motifs is 2. The van der Waals surface area contributed by atoms with Gasteiger partial charge in [-0.05, 0) is 41.7 Å². The van der Waals surface area contributed by atoms with Gasteiger partial charge in [0.2, 0.25) is 11.8 Å². The van der Waals surface area contributed by atoms with Crippen molar-refractivity contribution in [3.63, 3.8) is 0 Å². The lowest BCUT2D eigenvalue weighted by Crippen LogP contribution is -2.43. The van der Waals surface area contributed by atoms with Crippen LogP contribution in [0, 0.1) is 0 Å². The second-order valence-corrected chi connectivity index (χ2v) is 7.26. The van der Waals surface area contributed by atoms with Crippen LogP contribution in [0.3, 0.4) is 0 Å². The van der Waals surface area contributed by atoms with E-state index in [-0.39, 0.29) is 17.9 Å². The SMILES string of the molecule is CO[C@@H]1Cc2ccccc2N(C(=O)CCCc2ccc3c(c2)CC(=O)N3)C1.